The van der Waals surface area contributed by atoms with E-state index in [4.69, 9.17) is 16.6 Å². The van der Waals surface area contributed by atoms with Crippen LogP contribution in [0.5, 0.6) is 0 Å². The zero-order chi connectivity index (χ0) is 15.0. The second-order valence-electron chi connectivity index (χ2n) is 5.46. The van der Waals surface area contributed by atoms with Crippen molar-refractivity contribution in [2.75, 3.05) is 26.2 Å². The Bertz CT molecular complexity index is 721. The summed E-state index contributed by atoms with van der Waals surface area (Å²) in [5.41, 5.74) is 0.666. The van der Waals surface area contributed by atoms with E-state index in [0.717, 1.165) is 32.0 Å². The molecule has 6 heteroatoms. The summed E-state index contributed by atoms with van der Waals surface area (Å²) >= 11 is 5.98. The van der Waals surface area contributed by atoms with Crippen molar-refractivity contribution in [1.29, 1.82) is 0 Å². The zero-order valence-electron chi connectivity index (χ0n) is 12.3. The van der Waals surface area contributed by atoms with Crippen LogP contribution in [0.25, 0.3) is 10.9 Å². The molecule has 0 bridgehead atoms. The quantitative estimate of drug-likeness (QED) is 0.915. The molecule has 2 aromatic rings. The fourth-order valence-electron chi connectivity index (χ4n) is 2.87. The molecule has 1 aliphatic rings. The van der Waals surface area contributed by atoms with E-state index in [0.29, 0.717) is 15.9 Å². The first-order valence-electron chi connectivity index (χ1n) is 7.19. The molecule has 1 unspecified atom stereocenters. The smallest absolute Gasteiger partial charge is 0.261 e. The largest absolute Gasteiger partial charge is 0.314 e. The van der Waals surface area contributed by atoms with Gasteiger partial charge in [0, 0.05) is 38.2 Å². The number of fused-ring (bicyclic) bond motifs is 1. The van der Waals surface area contributed by atoms with Crippen molar-refractivity contribution in [1.82, 2.24) is 19.8 Å². The van der Waals surface area contributed by atoms with Crippen LogP contribution in [-0.2, 0) is 7.05 Å². The van der Waals surface area contributed by atoms with Crippen molar-refractivity contribution in [2.45, 2.75) is 13.0 Å². The maximum atomic E-state index is 12.5. The minimum absolute atomic E-state index is 0.0421. The molecular formula is C15H19ClN4O. The molecule has 1 N–H and O–H groups in total. The molecule has 1 atom stereocenters. The Kier molecular flexibility index (Phi) is 3.97. The number of piperazine rings is 1. The first-order valence-corrected chi connectivity index (χ1v) is 7.56. The number of benzene rings is 1. The van der Waals surface area contributed by atoms with Crippen molar-refractivity contribution >= 4 is 22.5 Å². The van der Waals surface area contributed by atoms with Crippen molar-refractivity contribution in [3.8, 4) is 0 Å². The number of rotatable bonds is 2. The second kappa shape index (κ2) is 5.75. The van der Waals surface area contributed by atoms with Gasteiger partial charge >= 0.3 is 0 Å². The fraction of sp³-hybridized carbons (Fsp3) is 0.467. The van der Waals surface area contributed by atoms with Crippen molar-refractivity contribution in [2.24, 2.45) is 7.05 Å². The lowest BCUT2D eigenvalue weighted by atomic mass is 10.2. The van der Waals surface area contributed by atoms with E-state index < -0.39 is 0 Å². The summed E-state index contributed by atoms with van der Waals surface area (Å²) in [6.07, 6.45) is 0. The Morgan fingerprint density at radius 1 is 1.33 bits per heavy atom. The SMILES string of the molecule is CC(c1nc2ccc(Cl)cc2c(=O)n1C)N1CCNCC1. The summed E-state index contributed by atoms with van der Waals surface area (Å²) in [6, 6.07) is 5.39. The summed E-state index contributed by atoms with van der Waals surface area (Å²) in [6.45, 7) is 5.99. The van der Waals surface area contributed by atoms with Gasteiger partial charge in [-0.3, -0.25) is 14.3 Å². The predicted octanol–water partition coefficient (Wildman–Crippen LogP) is 1.55. The van der Waals surface area contributed by atoms with Crippen LogP contribution >= 0.6 is 11.6 Å². The summed E-state index contributed by atoms with van der Waals surface area (Å²) in [5, 5.41) is 4.47. The molecule has 0 aliphatic carbocycles. The Balaban J connectivity index is 2.08. The van der Waals surface area contributed by atoms with Crippen LogP contribution in [-0.4, -0.2) is 40.6 Å². The van der Waals surface area contributed by atoms with Crippen LogP contribution in [0.15, 0.2) is 23.0 Å². The Morgan fingerprint density at radius 3 is 2.76 bits per heavy atom. The summed E-state index contributed by atoms with van der Waals surface area (Å²) < 4.78 is 1.64. The zero-order valence-corrected chi connectivity index (χ0v) is 13.0. The molecule has 1 aromatic heterocycles. The maximum Gasteiger partial charge on any atom is 0.261 e. The lowest BCUT2D eigenvalue weighted by Crippen LogP contribution is -2.45. The van der Waals surface area contributed by atoms with Gasteiger partial charge in [-0.2, -0.15) is 0 Å². The molecule has 1 fully saturated rings. The van der Waals surface area contributed by atoms with Crippen molar-refractivity contribution in [3.05, 3.63) is 39.4 Å². The number of hydrogen-bond donors (Lipinski definition) is 1. The van der Waals surface area contributed by atoms with E-state index in [9.17, 15) is 4.79 Å². The van der Waals surface area contributed by atoms with Crippen LogP contribution in [0.3, 0.4) is 0 Å². The predicted molar refractivity (Wildman–Crippen MR) is 84.9 cm³/mol. The topological polar surface area (TPSA) is 50.2 Å². The minimum Gasteiger partial charge on any atom is -0.314 e. The van der Waals surface area contributed by atoms with E-state index >= 15 is 0 Å². The molecule has 0 spiro atoms. The molecule has 1 aromatic carbocycles. The number of nitrogens with one attached hydrogen (secondary N) is 1. The van der Waals surface area contributed by atoms with E-state index in [1.54, 1.807) is 23.7 Å². The Hall–Kier alpha value is -1.43. The third kappa shape index (κ3) is 2.69. The first kappa shape index (κ1) is 14.5. The van der Waals surface area contributed by atoms with E-state index in [1.165, 1.54) is 0 Å². The van der Waals surface area contributed by atoms with Gasteiger partial charge in [0.25, 0.3) is 5.56 Å². The highest BCUT2D eigenvalue weighted by Gasteiger charge is 2.22. The highest BCUT2D eigenvalue weighted by molar-refractivity contribution is 6.31. The van der Waals surface area contributed by atoms with Crippen LogP contribution in [0.2, 0.25) is 5.02 Å². The van der Waals surface area contributed by atoms with Gasteiger partial charge in [0.1, 0.15) is 5.82 Å². The molecule has 1 saturated heterocycles. The van der Waals surface area contributed by atoms with Gasteiger partial charge in [-0.05, 0) is 25.1 Å². The lowest BCUT2D eigenvalue weighted by Gasteiger charge is -2.33. The molecule has 112 valence electrons. The number of aromatic nitrogens is 2. The number of hydrogen-bond acceptors (Lipinski definition) is 4. The third-order valence-electron chi connectivity index (χ3n) is 4.15. The number of halogens is 1. The van der Waals surface area contributed by atoms with Crippen LogP contribution < -0.4 is 10.9 Å². The van der Waals surface area contributed by atoms with Gasteiger partial charge < -0.3 is 5.32 Å². The summed E-state index contributed by atoms with van der Waals surface area (Å²) in [7, 11) is 1.78. The third-order valence-corrected chi connectivity index (χ3v) is 4.38. The average Bonchev–Trinajstić information content (AvgIpc) is 2.51. The van der Waals surface area contributed by atoms with Crippen LogP contribution in [0.4, 0.5) is 0 Å². The molecule has 5 nitrogen and oxygen atoms in total. The maximum absolute atomic E-state index is 12.5. The average molecular weight is 307 g/mol. The van der Waals surface area contributed by atoms with E-state index in [1.807, 2.05) is 6.07 Å². The van der Waals surface area contributed by atoms with E-state index in [-0.39, 0.29) is 11.6 Å². The molecule has 2 heterocycles. The Labute approximate surface area is 128 Å². The fourth-order valence-corrected chi connectivity index (χ4v) is 3.04. The minimum atomic E-state index is -0.0421. The van der Waals surface area contributed by atoms with Crippen LogP contribution in [0.1, 0.15) is 18.8 Å². The molecule has 0 saturated carbocycles. The van der Waals surface area contributed by atoms with Gasteiger partial charge in [-0.15, -0.1) is 0 Å². The Morgan fingerprint density at radius 2 is 2.05 bits per heavy atom. The molecule has 21 heavy (non-hydrogen) atoms. The van der Waals surface area contributed by atoms with Crippen molar-refractivity contribution < 1.29 is 0 Å². The van der Waals surface area contributed by atoms with Gasteiger partial charge in [0.15, 0.2) is 0 Å². The van der Waals surface area contributed by atoms with Crippen LogP contribution in [0, 0.1) is 0 Å². The van der Waals surface area contributed by atoms with Gasteiger partial charge in [-0.1, -0.05) is 11.6 Å². The summed E-state index contributed by atoms with van der Waals surface area (Å²) in [4.78, 5) is 19.6. The monoisotopic (exact) mass is 306 g/mol. The molecule has 0 radical (unpaired) electrons. The summed E-state index contributed by atoms with van der Waals surface area (Å²) in [5.74, 6) is 0.803. The standard InChI is InChI=1S/C15H19ClN4O/c1-10(20-7-5-17-6-8-20)14-18-13-4-3-11(16)9-12(13)15(21)19(14)2/h3-4,9-10,17H,5-8H2,1-2H3. The molecule has 1 aliphatic heterocycles. The van der Waals surface area contributed by atoms with E-state index in [2.05, 4.69) is 17.1 Å². The highest BCUT2D eigenvalue weighted by Crippen LogP contribution is 2.21. The molecular weight excluding hydrogens is 288 g/mol. The normalized spacial score (nSPS) is 18.0. The molecule has 0 amide bonds. The second-order valence-corrected chi connectivity index (χ2v) is 5.89. The van der Waals surface area contributed by atoms with Gasteiger partial charge in [0.05, 0.1) is 16.9 Å². The molecule has 3 rings (SSSR count). The lowest BCUT2D eigenvalue weighted by molar-refractivity contribution is 0.176. The highest BCUT2D eigenvalue weighted by atomic mass is 35.5. The van der Waals surface area contributed by atoms with Gasteiger partial charge in [-0.25, -0.2) is 4.98 Å². The van der Waals surface area contributed by atoms with Crippen molar-refractivity contribution in [3.63, 3.8) is 0 Å². The number of nitrogens with zero attached hydrogens (tertiary/aromatic N) is 3. The van der Waals surface area contributed by atoms with Gasteiger partial charge in [0.2, 0.25) is 0 Å². The first-order chi connectivity index (χ1) is 10.1.